The van der Waals surface area contributed by atoms with Gasteiger partial charge in [-0.15, -0.1) is 0 Å². The van der Waals surface area contributed by atoms with Crippen LogP contribution in [-0.2, 0) is 0 Å². The topological polar surface area (TPSA) is 63.3 Å². The lowest BCUT2D eigenvalue weighted by atomic mass is 10.1. The van der Waals surface area contributed by atoms with Crippen molar-refractivity contribution in [1.29, 1.82) is 0 Å². The summed E-state index contributed by atoms with van der Waals surface area (Å²) in [6, 6.07) is 1.33. The first kappa shape index (κ1) is 11.1. The van der Waals surface area contributed by atoms with Crippen LogP contribution in [0.4, 0.5) is 8.78 Å². The molecule has 0 amide bonds. The Bertz CT molecular complexity index is 460. The number of hydrogen-bond acceptors (Lipinski definition) is 2. The minimum Gasteiger partial charge on any atom is -0.478 e. The van der Waals surface area contributed by atoms with Gasteiger partial charge in [-0.05, 0) is 12.1 Å². The molecule has 0 unspecified atom stereocenters. The zero-order valence-corrected chi connectivity index (χ0v) is 7.55. The van der Waals surface area contributed by atoms with Gasteiger partial charge >= 0.3 is 5.97 Å². The predicted molar refractivity (Wildman–Crippen MR) is 49.2 cm³/mol. The second-order valence-corrected chi connectivity index (χ2v) is 2.62. The predicted octanol–water partition coefficient (Wildman–Crippen LogP) is 0.973. The number of rotatable bonds is 1. The third kappa shape index (κ3) is 2.51. The number of carbonyl (C=O) groups is 1. The number of carboxylic acids is 1. The van der Waals surface area contributed by atoms with Crippen molar-refractivity contribution >= 4 is 5.97 Å². The third-order valence-corrected chi connectivity index (χ3v) is 1.62. The van der Waals surface area contributed by atoms with Crippen LogP contribution in [0.25, 0.3) is 0 Å². The Morgan fingerprint density at radius 1 is 1.40 bits per heavy atom. The van der Waals surface area contributed by atoms with Crippen molar-refractivity contribution in [1.82, 2.24) is 0 Å². The minimum absolute atomic E-state index is 0.0120. The fourth-order valence-electron chi connectivity index (χ4n) is 0.973. The van der Waals surface area contributed by atoms with Gasteiger partial charge in [-0.2, -0.15) is 0 Å². The van der Waals surface area contributed by atoms with E-state index in [0.29, 0.717) is 6.07 Å². The Kier molecular flexibility index (Phi) is 3.37. The summed E-state index contributed by atoms with van der Waals surface area (Å²) in [4.78, 5) is 10.7. The Hall–Kier alpha value is -1.93. The van der Waals surface area contributed by atoms with Gasteiger partial charge in [0, 0.05) is 5.56 Å². The zero-order valence-electron chi connectivity index (χ0n) is 7.55. The lowest BCUT2D eigenvalue weighted by Gasteiger charge is -2.00. The van der Waals surface area contributed by atoms with Crippen LogP contribution < -0.4 is 5.73 Å². The average molecular weight is 211 g/mol. The summed E-state index contributed by atoms with van der Waals surface area (Å²) < 4.78 is 25.5. The first-order chi connectivity index (χ1) is 7.06. The largest absolute Gasteiger partial charge is 0.478 e. The fraction of sp³-hybridized carbons (Fsp3) is 0.100. The summed E-state index contributed by atoms with van der Waals surface area (Å²) in [5.74, 6) is 1.01. The Morgan fingerprint density at radius 2 is 2.00 bits per heavy atom. The van der Waals surface area contributed by atoms with Gasteiger partial charge in [0.2, 0.25) is 0 Å². The highest BCUT2D eigenvalue weighted by atomic mass is 19.2. The van der Waals surface area contributed by atoms with Gasteiger partial charge in [0.15, 0.2) is 11.6 Å². The van der Waals surface area contributed by atoms with Crippen LogP contribution in [0.1, 0.15) is 15.9 Å². The molecule has 0 fully saturated rings. The molecule has 0 aliphatic carbocycles. The van der Waals surface area contributed by atoms with E-state index in [4.69, 9.17) is 10.8 Å². The van der Waals surface area contributed by atoms with Crippen LogP contribution in [0.3, 0.4) is 0 Å². The second-order valence-electron chi connectivity index (χ2n) is 2.62. The first-order valence-corrected chi connectivity index (χ1v) is 3.97. The van der Waals surface area contributed by atoms with Gasteiger partial charge in [0.05, 0.1) is 12.1 Å². The number of halogens is 2. The van der Waals surface area contributed by atoms with Crippen molar-refractivity contribution in [2.24, 2.45) is 5.73 Å². The number of carboxylic acid groups (broad SMARTS) is 1. The summed E-state index contributed by atoms with van der Waals surface area (Å²) in [5, 5.41) is 8.69. The molecule has 1 aromatic carbocycles. The molecule has 0 saturated heterocycles. The molecule has 1 rings (SSSR count). The molecule has 0 bridgehead atoms. The van der Waals surface area contributed by atoms with E-state index in [9.17, 15) is 13.6 Å². The molecular formula is C10H7F2NO2. The van der Waals surface area contributed by atoms with Crippen LogP contribution in [0.5, 0.6) is 0 Å². The molecule has 0 atom stereocenters. The summed E-state index contributed by atoms with van der Waals surface area (Å²) in [7, 11) is 0. The Balaban J connectivity index is 3.34. The highest BCUT2D eigenvalue weighted by Gasteiger charge is 2.13. The standard InChI is InChI=1S/C10H7F2NO2/c11-8-4-6(2-1-3-13)7(10(14)15)5-9(8)12/h4-5H,3,13H2,(H,14,15). The number of aromatic carboxylic acids is 1. The molecule has 0 aliphatic heterocycles. The van der Waals surface area contributed by atoms with Gasteiger partial charge in [-0.3, -0.25) is 0 Å². The first-order valence-electron chi connectivity index (χ1n) is 3.97. The van der Waals surface area contributed by atoms with Crippen LogP contribution in [0, 0.1) is 23.5 Å². The fourth-order valence-corrected chi connectivity index (χ4v) is 0.973. The summed E-state index contributed by atoms with van der Waals surface area (Å²) in [6.45, 7) is 0.0120. The van der Waals surface area contributed by atoms with Gasteiger partial charge in [-0.1, -0.05) is 11.8 Å². The maximum absolute atomic E-state index is 12.8. The van der Waals surface area contributed by atoms with E-state index in [1.165, 1.54) is 0 Å². The molecule has 0 saturated carbocycles. The molecule has 0 heterocycles. The molecule has 5 heteroatoms. The molecule has 0 aliphatic rings. The van der Waals surface area contributed by atoms with Gasteiger partial charge in [0.1, 0.15) is 0 Å². The number of hydrogen-bond donors (Lipinski definition) is 2. The van der Waals surface area contributed by atoms with Crippen molar-refractivity contribution in [2.45, 2.75) is 0 Å². The Morgan fingerprint density at radius 3 is 2.53 bits per heavy atom. The second kappa shape index (κ2) is 4.53. The van der Waals surface area contributed by atoms with E-state index < -0.39 is 17.6 Å². The molecular weight excluding hydrogens is 204 g/mol. The maximum atomic E-state index is 12.8. The molecule has 3 nitrogen and oxygen atoms in total. The quantitative estimate of drug-likeness (QED) is 0.680. The SMILES string of the molecule is NCC#Cc1cc(F)c(F)cc1C(=O)O. The third-order valence-electron chi connectivity index (χ3n) is 1.62. The summed E-state index contributed by atoms with van der Waals surface area (Å²) in [6.07, 6.45) is 0. The van der Waals surface area contributed by atoms with Crippen LogP contribution >= 0.6 is 0 Å². The van der Waals surface area contributed by atoms with E-state index >= 15 is 0 Å². The van der Waals surface area contributed by atoms with Crippen molar-refractivity contribution < 1.29 is 18.7 Å². The minimum atomic E-state index is -1.37. The Labute approximate surface area is 84.5 Å². The van der Waals surface area contributed by atoms with Gasteiger partial charge < -0.3 is 10.8 Å². The van der Waals surface area contributed by atoms with Crippen LogP contribution in [-0.4, -0.2) is 17.6 Å². The van der Waals surface area contributed by atoms with Crippen LogP contribution in [0.2, 0.25) is 0 Å². The van der Waals surface area contributed by atoms with E-state index in [1.54, 1.807) is 0 Å². The zero-order chi connectivity index (χ0) is 11.4. The highest BCUT2D eigenvalue weighted by Crippen LogP contribution is 2.14. The molecule has 0 aromatic heterocycles. The lowest BCUT2D eigenvalue weighted by molar-refractivity contribution is 0.0696. The van der Waals surface area contributed by atoms with Crippen LogP contribution in [0.15, 0.2) is 12.1 Å². The van der Waals surface area contributed by atoms with E-state index in [2.05, 4.69) is 11.8 Å². The monoisotopic (exact) mass is 211 g/mol. The van der Waals surface area contributed by atoms with Crippen molar-refractivity contribution in [3.8, 4) is 11.8 Å². The lowest BCUT2D eigenvalue weighted by Crippen LogP contribution is -2.03. The van der Waals surface area contributed by atoms with E-state index in [-0.39, 0.29) is 17.7 Å². The van der Waals surface area contributed by atoms with Crippen molar-refractivity contribution in [3.05, 3.63) is 34.9 Å². The number of nitrogens with two attached hydrogens (primary N) is 1. The number of benzene rings is 1. The highest BCUT2D eigenvalue weighted by molar-refractivity contribution is 5.90. The van der Waals surface area contributed by atoms with Gasteiger partial charge in [0.25, 0.3) is 0 Å². The molecule has 0 radical (unpaired) electrons. The molecule has 0 spiro atoms. The molecule has 1 aromatic rings. The molecule has 3 N–H and O–H groups in total. The van der Waals surface area contributed by atoms with Gasteiger partial charge in [-0.25, -0.2) is 13.6 Å². The average Bonchev–Trinajstić information content (AvgIpc) is 2.19. The summed E-state index contributed by atoms with van der Waals surface area (Å²) >= 11 is 0. The van der Waals surface area contributed by atoms with E-state index in [0.717, 1.165) is 6.07 Å². The summed E-state index contributed by atoms with van der Waals surface area (Å²) in [5.41, 5.74) is 4.61. The normalized spacial score (nSPS) is 9.27. The maximum Gasteiger partial charge on any atom is 0.337 e. The molecule has 15 heavy (non-hydrogen) atoms. The smallest absolute Gasteiger partial charge is 0.337 e. The van der Waals surface area contributed by atoms with Crippen molar-refractivity contribution in [2.75, 3.05) is 6.54 Å². The molecule has 78 valence electrons. The van der Waals surface area contributed by atoms with E-state index in [1.807, 2.05) is 0 Å². The van der Waals surface area contributed by atoms with Crippen molar-refractivity contribution in [3.63, 3.8) is 0 Å².